The minimum atomic E-state index is -0.490. The van der Waals surface area contributed by atoms with E-state index < -0.39 is 18.3 Å². The molecule has 3 aromatic carbocycles. The molecule has 0 fully saturated rings. The van der Waals surface area contributed by atoms with Gasteiger partial charge in [-0.25, -0.2) is 0 Å². The van der Waals surface area contributed by atoms with Crippen LogP contribution >= 0.6 is 11.6 Å². The minimum Gasteiger partial charge on any atom is -0.497 e. The summed E-state index contributed by atoms with van der Waals surface area (Å²) in [6.45, 7) is 1.25. The highest BCUT2D eigenvalue weighted by molar-refractivity contribution is 6.30. The summed E-state index contributed by atoms with van der Waals surface area (Å²) >= 11 is 6.73. The lowest BCUT2D eigenvalue weighted by Crippen LogP contribution is -2.38. The van der Waals surface area contributed by atoms with Gasteiger partial charge >= 0.3 is 0 Å². The minimum absolute atomic E-state index is 0.412. The number of hydrogen-bond donors (Lipinski definition) is 0. The molecule has 1 aliphatic rings. The van der Waals surface area contributed by atoms with E-state index in [1.54, 1.807) is 7.11 Å². The first kappa shape index (κ1) is 22.6. The molecule has 4 nitrogen and oxygen atoms in total. The Morgan fingerprint density at radius 2 is 1.00 bits per heavy atom. The van der Waals surface area contributed by atoms with Crippen molar-refractivity contribution >= 4 is 11.6 Å². The van der Waals surface area contributed by atoms with Gasteiger partial charge in [0.25, 0.3) is 0 Å². The fraction of sp³-hybridized carbons (Fsp3) is 0.259. The first-order valence-corrected chi connectivity index (χ1v) is 11.0. The molecule has 0 unspecified atom stereocenters. The highest BCUT2D eigenvalue weighted by Gasteiger charge is 2.46. The Bertz CT molecular complexity index is 992. The fourth-order valence-corrected chi connectivity index (χ4v) is 4.11. The van der Waals surface area contributed by atoms with Crippen LogP contribution in [0.1, 0.15) is 16.7 Å². The van der Waals surface area contributed by atoms with E-state index in [0.29, 0.717) is 30.6 Å². The molecule has 0 saturated heterocycles. The van der Waals surface area contributed by atoms with E-state index in [1.165, 1.54) is 0 Å². The van der Waals surface area contributed by atoms with Crippen LogP contribution in [-0.2, 0) is 38.8 Å². The molecule has 3 atom stereocenters. The predicted octanol–water partition coefficient (Wildman–Crippen LogP) is 5.85. The van der Waals surface area contributed by atoms with Crippen molar-refractivity contribution in [2.45, 2.75) is 38.1 Å². The van der Waals surface area contributed by atoms with Gasteiger partial charge in [-0.2, -0.15) is 0 Å². The lowest BCUT2D eigenvalue weighted by molar-refractivity contribution is -0.123. The normalized spacial score (nSPS) is 20.5. The van der Waals surface area contributed by atoms with Crippen LogP contribution in [0.4, 0.5) is 0 Å². The van der Waals surface area contributed by atoms with E-state index in [0.717, 1.165) is 16.7 Å². The van der Waals surface area contributed by atoms with Gasteiger partial charge < -0.3 is 18.9 Å². The molecule has 0 radical (unpaired) electrons. The SMILES string of the molecule is COC1=C(Cl)[C@@H](OCc2ccccc2)[C@H](OCc2ccccc2)[C@H]1OCc1ccccc1. The van der Waals surface area contributed by atoms with Gasteiger partial charge in [-0.1, -0.05) is 103 Å². The van der Waals surface area contributed by atoms with Crippen molar-refractivity contribution in [1.82, 2.24) is 0 Å². The van der Waals surface area contributed by atoms with Crippen molar-refractivity contribution in [2.24, 2.45) is 0 Å². The maximum Gasteiger partial charge on any atom is 0.145 e. The van der Waals surface area contributed by atoms with Crippen LogP contribution in [0.2, 0.25) is 0 Å². The summed E-state index contributed by atoms with van der Waals surface area (Å²) in [7, 11) is 1.60. The molecule has 4 rings (SSSR count). The zero-order valence-corrected chi connectivity index (χ0v) is 18.8. The summed E-state index contributed by atoms with van der Waals surface area (Å²) in [5.74, 6) is 0.554. The third-order valence-electron chi connectivity index (χ3n) is 5.39. The molecule has 0 bridgehead atoms. The first-order chi connectivity index (χ1) is 15.8. The molecular formula is C27H27ClO4. The zero-order chi connectivity index (χ0) is 22.2. The molecule has 166 valence electrons. The summed E-state index contributed by atoms with van der Waals surface area (Å²) in [5, 5.41) is 0.486. The average molecular weight is 451 g/mol. The second-order valence-electron chi connectivity index (χ2n) is 7.61. The number of hydrogen-bond acceptors (Lipinski definition) is 4. The van der Waals surface area contributed by atoms with E-state index in [9.17, 15) is 0 Å². The molecular weight excluding hydrogens is 424 g/mol. The standard InChI is InChI=1S/C27H27ClO4/c1-29-24-23(28)25(30-17-20-11-5-2-6-12-20)27(32-19-22-15-9-4-10-16-22)26(24)31-18-21-13-7-3-8-14-21/h2-16,25-27H,17-19H2,1H3/t25-,26+,27+/m1/s1. The molecule has 32 heavy (non-hydrogen) atoms. The van der Waals surface area contributed by atoms with Crippen LogP contribution < -0.4 is 0 Å². The van der Waals surface area contributed by atoms with E-state index >= 15 is 0 Å². The lowest BCUT2D eigenvalue weighted by Gasteiger charge is -2.27. The van der Waals surface area contributed by atoms with Gasteiger partial charge in [-0.15, -0.1) is 0 Å². The number of ether oxygens (including phenoxy) is 4. The molecule has 0 saturated carbocycles. The van der Waals surface area contributed by atoms with Crippen molar-refractivity contribution in [1.29, 1.82) is 0 Å². The quantitative estimate of drug-likeness (QED) is 0.388. The smallest absolute Gasteiger partial charge is 0.145 e. The van der Waals surface area contributed by atoms with Crippen LogP contribution in [0.3, 0.4) is 0 Å². The molecule has 0 aliphatic heterocycles. The van der Waals surface area contributed by atoms with Crippen molar-refractivity contribution in [3.8, 4) is 0 Å². The topological polar surface area (TPSA) is 36.9 Å². The largest absolute Gasteiger partial charge is 0.497 e. The third-order valence-corrected chi connectivity index (χ3v) is 5.79. The first-order valence-electron chi connectivity index (χ1n) is 10.7. The number of benzene rings is 3. The lowest BCUT2D eigenvalue weighted by atomic mass is 10.1. The molecule has 1 aliphatic carbocycles. The summed E-state index contributed by atoms with van der Waals surface area (Å²) in [5.41, 5.74) is 3.19. The maximum absolute atomic E-state index is 6.73. The zero-order valence-electron chi connectivity index (χ0n) is 18.0. The summed E-state index contributed by atoms with van der Waals surface area (Å²) in [6, 6.07) is 30.0. The number of halogens is 1. The maximum atomic E-state index is 6.73. The molecule has 0 N–H and O–H groups in total. The third kappa shape index (κ3) is 5.59. The van der Waals surface area contributed by atoms with Gasteiger partial charge in [-0.05, 0) is 16.7 Å². The Balaban J connectivity index is 1.53. The van der Waals surface area contributed by atoms with Crippen LogP contribution in [0.15, 0.2) is 102 Å². The Labute approximate surface area is 194 Å². The van der Waals surface area contributed by atoms with Gasteiger partial charge in [0.05, 0.1) is 32.0 Å². The second-order valence-corrected chi connectivity index (χ2v) is 8.02. The number of methoxy groups -OCH3 is 1. The molecule has 5 heteroatoms. The predicted molar refractivity (Wildman–Crippen MR) is 125 cm³/mol. The Morgan fingerprint density at radius 3 is 1.44 bits per heavy atom. The van der Waals surface area contributed by atoms with Crippen molar-refractivity contribution in [2.75, 3.05) is 7.11 Å². The molecule has 0 aromatic heterocycles. The van der Waals surface area contributed by atoms with Crippen LogP contribution in [0, 0.1) is 0 Å². The van der Waals surface area contributed by atoms with Gasteiger partial charge in [0, 0.05) is 0 Å². The molecule has 0 heterocycles. The fourth-order valence-electron chi connectivity index (χ4n) is 3.74. The summed E-state index contributed by atoms with van der Waals surface area (Å²) < 4.78 is 24.5. The Kier molecular flexibility index (Phi) is 7.97. The monoisotopic (exact) mass is 450 g/mol. The van der Waals surface area contributed by atoms with Crippen molar-refractivity contribution in [3.05, 3.63) is 118 Å². The summed E-state index contributed by atoms with van der Waals surface area (Å²) in [6.07, 6.45) is -1.40. The Morgan fingerprint density at radius 1 is 0.594 bits per heavy atom. The van der Waals surface area contributed by atoms with Gasteiger partial charge in [0.1, 0.15) is 24.1 Å². The molecule has 0 spiro atoms. The van der Waals surface area contributed by atoms with E-state index in [2.05, 4.69) is 0 Å². The number of rotatable bonds is 10. The molecule has 0 amide bonds. The second kappa shape index (κ2) is 11.3. The average Bonchev–Trinajstić information content (AvgIpc) is 3.11. The highest BCUT2D eigenvalue weighted by Crippen LogP contribution is 2.38. The van der Waals surface area contributed by atoms with E-state index in [-0.39, 0.29) is 0 Å². The van der Waals surface area contributed by atoms with Gasteiger partial charge in [0.2, 0.25) is 0 Å². The van der Waals surface area contributed by atoms with Crippen molar-refractivity contribution < 1.29 is 18.9 Å². The van der Waals surface area contributed by atoms with Gasteiger partial charge in [0.15, 0.2) is 0 Å². The van der Waals surface area contributed by atoms with Crippen LogP contribution in [0.25, 0.3) is 0 Å². The van der Waals surface area contributed by atoms with Crippen LogP contribution in [-0.4, -0.2) is 25.4 Å². The van der Waals surface area contributed by atoms with Crippen molar-refractivity contribution in [3.63, 3.8) is 0 Å². The summed E-state index contributed by atoms with van der Waals surface area (Å²) in [4.78, 5) is 0. The van der Waals surface area contributed by atoms with Gasteiger partial charge in [-0.3, -0.25) is 0 Å². The van der Waals surface area contributed by atoms with E-state index in [1.807, 2.05) is 91.0 Å². The highest BCUT2D eigenvalue weighted by atomic mass is 35.5. The van der Waals surface area contributed by atoms with E-state index in [4.69, 9.17) is 30.5 Å². The van der Waals surface area contributed by atoms with Crippen LogP contribution in [0.5, 0.6) is 0 Å². The Hall–Kier alpha value is -2.63. The molecule has 3 aromatic rings.